The van der Waals surface area contributed by atoms with Crippen molar-refractivity contribution >= 4 is 28.0 Å². The molecule has 0 aliphatic carbocycles. The first-order valence-corrected chi connectivity index (χ1v) is 8.54. The van der Waals surface area contributed by atoms with Crippen LogP contribution in [0.2, 0.25) is 0 Å². The number of hydrogen-bond donors (Lipinski definition) is 2. The molecule has 0 saturated carbocycles. The number of benzene rings is 2. The van der Waals surface area contributed by atoms with Gasteiger partial charge in [0.05, 0.1) is 0 Å². The third-order valence-corrected chi connectivity index (χ3v) is 3.91. The number of rotatable bonds is 7. The van der Waals surface area contributed by atoms with Crippen molar-refractivity contribution in [2.24, 2.45) is 0 Å². The van der Waals surface area contributed by atoms with Crippen LogP contribution < -0.4 is 10.6 Å². The molecule has 0 aliphatic rings. The molecule has 3 nitrogen and oxygen atoms in total. The molecule has 120 valence electrons. The zero-order chi connectivity index (χ0) is 16.3. The van der Waals surface area contributed by atoms with E-state index in [1.165, 1.54) is 5.56 Å². The SMILES string of the molecule is O=C(N/C=C/c1ccc(Br)cc1)NCCCCc1ccccc1. The molecule has 0 unspecified atom stereocenters. The van der Waals surface area contributed by atoms with Crippen LogP contribution in [-0.4, -0.2) is 12.6 Å². The molecule has 0 fully saturated rings. The molecule has 0 heterocycles. The minimum Gasteiger partial charge on any atom is -0.338 e. The average molecular weight is 373 g/mol. The second kappa shape index (κ2) is 9.85. The standard InChI is InChI=1S/C19H21BrN2O/c20-18-11-9-17(10-12-18)13-15-22-19(23)21-14-5-4-8-16-6-2-1-3-7-16/h1-3,6-7,9-13,15H,4-5,8,14H2,(H2,21,22,23)/b15-13+. The summed E-state index contributed by atoms with van der Waals surface area (Å²) in [6.07, 6.45) is 6.61. The Morgan fingerprint density at radius 1 is 1.00 bits per heavy atom. The molecule has 0 bridgehead atoms. The van der Waals surface area contributed by atoms with Gasteiger partial charge in [-0.15, -0.1) is 0 Å². The van der Waals surface area contributed by atoms with Gasteiger partial charge in [0.1, 0.15) is 0 Å². The number of aryl methyl sites for hydroxylation is 1. The van der Waals surface area contributed by atoms with E-state index in [4.69, 9.17) is 0 Å². The van der Waals surface area contributed by atoms with E-state index in [1.807, 2.05) is 36.4 Å². The summed E-state index contributed by atoms with van der Waals surface area (Å²) in [6.45, 7) is 0.685. The van der Waals surface area contributed by atoms with Crippen LogP contribution in [0, 0.1) is 0 Å². The van der Waals surface area contributed by atoms with Crippen LogP contribution in [0.3, 0.4) is 0 Å². The second-order valence-electron chi connectivity index (χ2n) is 5.23. The number of halogens is 1. The lowest BCUT2D eigenvalue weighted by Crippen LogP contribution is -2.32. The van der Waals surface area contributed by atoms with Crippen molar-refractivity contribution in [3.63, 3.8) is 0 Å². The lowest BCUT2D eigenvalue weighted by Gasteiger charge is -2.05. The molecule has 23 heavy (non-hydrogen) atoms. The third-order valence-electron chi connectivity index (χ3n) is 3.38. The van der Waals surface area contributed by atoms with Gasteiger partial charge >= 0.3 is 6.03 Å². The van der Waals surface area contributed by atoms with Gasteiger partial charge in [-0.1, -0.05) is 58.4 Å². The van der Waals surface area contributed by atoms with Crippen molar-refractivity contribution in [2.45, 2.75) is 19.3 Å². The normalized spacial score (nSPS) is 10.7. The Hall–Kier alpha value is -2.07. The van der Waals surface area contributed by atoms with E-state index in [1.54, 1.807) is 6.20 Å². The van der Waals surface area contributed by atoms with Crippen LogP contribution in [0.15, 0.2) is 65.3 Å². The fourth-order valence-corrected chi connectivity index (χ4v) is 2.40. The van der Waals surface area contributed by atoms with Crippen molar-refractivity contribution < 1.29 is 4.79 Å². The van der Waals surface area contributed by atoms with Crippen molar-refractivity contribution in [1.29, 1.82) is 0 Å². The van der Waals surface area contributed by atoms with E-state index in [2.05, 4.69) is 50.8 Å². The first-order chi connectivity index (χ1) is 11.2. The van der Waals surface area contributed by atoms with Gasteiger partial charge in [0.25, 0.3) is 0 Å². The number of amides is 2. The van der Waals surface area contributed by atoms with Crippen LogP contribution in [0.4, 0.5) is 4.79 Å². The van der Waals surface area contributed by atoms with Gasteiger partial charge in [-0.25, -0.2) is 4.79 Å². The van der Waals surface area contributed by atoms with Crippen LogP contribution in [0.1, 0.15) is 24.0 Å². The molecule has 0 saturated heterocycles. The van der Waals surface area contributed by atoms with Crippen LogP contribution in [0.25, 0.3) is 6.08 Å². The Labute approximate surface area is 145 Å². The second-order valence-corrected chi connectivity index (χ2v) is 6.14. The van der Waals surface area contributed by atoms with Gasteiger partial charge in [-0.3, -0.25) is 0 Å². The number of urea groups is 1. The Kier molecular flexibility index (Phi) is 7.40. The number of carbonyl (C=O) groups excluding carboxylic acids is 1. The lowest BCUT2D eigenvalue weighted by molar-refractivity contribution is 0.244. The molecule has 2 amide bonds. The molecule has 0 radical (unpaired) electrons. The zero-order valence-electron chi connectivity index (χ0n) is 13.0. The quantitative estimate of drug-likeness (QED) is 0.676. The summed E-state index contributed by atoms with van der Waals surface area (Å²) >= 11 is 3.39. The minimum atomic E-state index is -0.168. The largest absolute Gasteiger partial charge is 0.338 e. The summed E-state index contributed by atoms with van der Waals surface area (Å²) in [4.78, 5) is 11.6. The van der Waals surface area contributed by atoms with Gasteiger partial charge in [-0.05, 0) is 48.6 Å². The van der Waals surface area contributed by atoms with E-state index in [0.29, 0.717) is 6.54 Å². The Balaban J connectivity index is 1.57. The highest BCUT2D eigenvalue weighted by Gasteiger charge is 1.97. The van der Waals surface area contributed by atoms with Crippen LogP contribution >= 0.6 is 15.9 Å². The molecule has 2 rings (SSSR count). The van der Waals surface area contributed by atoms with E-state index in [9.17, 15) is 4.79 Å². The summed E-state index contributed by atoms with van der Waals surface area (Å²) in [7, 11) is 0. The van der Waals surface area contributed by atoms with Crippen molar-refractivity contribution in [1.82, 2.24) is 10.6 Å². The monoisotopic (exact) mass is 372 g/mol. The fraction of sp³-hybridized carbons (Fsp3) is 0.211. The van der Waals surface area contributed by atoms with Crippen LogP contribution in [0.5, 0.6) is 0 Å². The molecular weight excluding hydrogens is 352 g/mol. The third kappa shape index (κ3) is 7.15. The molecule has 2 N–H and O–H groups in total. The first kappa shape index (κ1) is 17.3. The summed E-state index contributed by atoms with van der Waals surface area (Å²) in [5.41, 5.74) is 2.38. The van der Waals surface area contributed by atoms with E-state index in [0.717, 1.165) is 29.3 Å². The molecule has 0 aliphatic heterocycles. The highest BCUT2D eigenvalue weighted by Crippen LogP contribution is 2.11. The lowest BCUT2D eigenvalue weighted by atomic mass is 10.1. The average Bonchev–Trinajstić information content (AvgIpc) is 2.57. The molecule has 0 atom stereocenters. The van der Waals surface area contributed by atoms with Gasteiger partial charge in [-0.2, -0.15) is 0 Å². The van der Waals surface area contributed by atoms with E-state index in [-0.39, 0.29) is 6.03 Å². The van der Waals surface area contributed by atoms with Crippen molar-refractivity contribution in [3.8, 4) is 0 Å². The van der Waals surface area contributed by atoms with Crippen molar-refractivity contribution in [3.05, 3.63) is 76.4 Å². The topological polar surface area (TPSA) is 41.1 Å². The number of unbranched alkanes of at least 4 members (excludes halogenated alkanes) is 1. The molecule has 0 spiro atoms. The highest BCUT2D eigenvalue weighted by atomic mass is 79.9. The number of carbonyl (C=O) groups is 1. The fourth-order valence-electron chi connectivity index (χ4n) is 2.14. The molecular formula is C19H21BrN2O. The maximum atomic E-state index is 11.6. The Morgan fingerprint density at radius 2 is 1.74 bits per heavy atom. The number of nitrogens with one attached hydrogen (secondary N) is 2. The van der Waals surface area contributed by atoms with E-state index < -0.39 is 0 Å². The van der Waals surface area contributed by atoms with Gasteiger partial charge in [0.15, 0.2) is 0 Å². The predicted octanol–water partition coefficient (Wildman–Crippen LogP) is 4.74. The zero-order valence-corrected chi connectivity index (χ0v) is 14.6. The maximum absolute atomic E-state index is 11.6. The predicted molar refractivity (Wildman–Crippen MR) is 99.1 cm³/mol. The Morgan fingerprint density at radius 3 is 2.48 bits per heavy atom. The van der Waals surface area contributed by atoms with Gasteiger partial charge in [0, 0.05) is 17.2 Å². The minimum absolute atomic E-state index is 0.168. The summed E-state index contributed by atoms with van der Waals surface area (Å²) in [5.74, 6) is 0. The smallest absolute Gasteiger partial charge is 0.318 e. The van der Waals surface area contributed by atoms with Gasteiger partial charge in [0.2, 0.25) is 0 Å². The summed E-state index contributed by atoms with van der Waals surface area (Å²) in [5, 5.41) is 5.57. The molecule has 2 aromatic carbocycles. The summed E-state index contributed by atoms with van der Waals surface area (Å²) < 4.78 is 1.04. The first-order valence-electron chi connectivity index (χ1n) is 7.74. The number of hydrogen-bond acceptors (Lipinski definition) is 1. The maximum Gasteiger partial charge on any atom is 0.318 e. The van der Waals surface area contributed by atoms with Crippen molar-refractivity contribution in [2.75, 3.05) is 6.54 Å². The highest BCUT2D eigenvalue weighted by molar-refractivity contribution is 9.10. The van der Waals surface area contributed by atoms with E-state index >= 15 is 0 Å². The molecule has 0 aromatic heterocycles. The van der Waals surface area contributed by atoms with Crippen LogP contribution in [-0.2, 0) is 6.42 Å². The Bertz CT molecular complexity index is 624. The molecule has 2 aromatic rings. The van der Waals surface area contributed by atoms with Gasteiger partial charge < -0.3 is 10.6 Å². The summed E-state index contributed by atoms with van der Waals surface area (Å²) in [6, 6.07) is 18.1. The molecule has 4 heteroatoms.